The van der Waals surface area contributed by atoms with E-state index in [2.05, 4.69) is 22.6 Å². The van der Waals surface area contributed by atoms with E-state index >= 15 is 0 Å². The Morgan fingerprint density at radius 1 is 0.970 bits per heavy atom. The summed E-state index contributed by atoms with van der Waals surface area (Å²) in [6.07, 6.45) is 0. The van der Waals surface area contributed by atoms with Crippen molar-refractivity contribution < 1.29 is 4.52 Å². The fourth-order valence-corrected chi connectivity index (χ4v) is 4.54. The Kier molecular flexibility index (Phi) is 5.70. The normalized spacial score (nSPS) is 16.2. The van der Waals surface area contributed by atoms with Crippen LogP contribution in [0.1, 0.15) is 30.0 Å². The molecule has 33 heavy (non-hydrogen) atoms. The molecular formula is C26H21ClN4OS. The minimum absolute atomic E-state index is 0.229. The first-order valence-electron chi connectivity index (χ1n) is 10.5. The number of benzene rings is 3. The van der Waals surface area contributed by atoms with E-state index in [-0.39, 0.29) is 6.04 Å². The van der Waals surface area contributed by atoms with E-state index in [0.29, 0.717) is 21.9 Å². The van der Waals surface area contributed by atoms with Gasteiger partial charge in [-0.05, 0) is 62.0 Å². The molecule has 0 aliphatic carbocycles. The van der Waals surface area contributed by atoms with E-state index < -0.39 is 0 Å². The van der Waals surface area contributed by atoms with Gasteiger partial charge in [-0.3, -0.25) is 4.90 Å². The minimum Gasteiger partial charge on any atom is -0.351 e. The van der Waals surface area contributed by atoms with Gasteiger partial charge < -0.3 is 9.84 Å². The molecule has 0 saturated heterocycles. The summed E-state index contributed by atoms with van der Waals surface area (Å²) in [7, 11) is 0. The average molecular weight is 473 g/mol. The van der Waals surface area contributed by atoms with Crippen LogP contribution in [-0.2, 0) is 0 Å². The lowest BCUT2D eigenvalue weighted by Crippen LogP contribution is -2.46. The Balaban J connectivity index is 1.65. The summed E-state index contributed by atoms with van der Waals surface area (Å²) in [5.74, 6) is 0.999. The van der Waals surface area contributed by atoms with Crippen LogP contribution < -0.4 is 10.2 Å². The fraction of sp³-hybridized carbons (Fsp3) is 0.115. The van der Waals surface area contributed by atoms with Crippen LogP contribution in [0.5, 0.6) is 0 Å². The minimum atomic E-state index is -0.229. The van der Waals surface area contributed by atoms with Gasteiger partial charge in [-0.25, -0.2) is 0 Å². The maximum absolute atomic E-state index is 6.11. The summed E-state index contributed by atoms with van der Waals surface area (Å²) in [5, 5.41) is 9.00. The van der Waals surface area contributed by atoms with E-state index in [0.717, 1.165) is 33.6 Å². The Morgan fingerprint density at radius 2 is 1.73 bits per heavy atom. The number of halogens is 1. The third-order valence-corrected chi connectivity index (χ3v) is 6.19. The predicted octanol–water partition coefficient (Wildman–Crippen LogP) is 6.57. The zero-order valence-electron chi connectivity index (χ0n) is 18.1. The molecule has 7 heteroatoms. The molecule has 5 rings (SSSR count). The molecule has 0 fully saturated rings. The molecule has 164 valence electrons. The number of nitrogens with one attached hydrogen (secondary N) is 1. The van der Waals surface area contributed by atoms with Gasteiger partial charge in [0, 0.05) is 22.0 Å². The van der Waals surface area contributed by atoms with Crippen molar-refractivity contribution in [1.29, 1.82) is 0 Å². The van der Waals surface area contributed by atoms with Gasteiger partial charge in [0.1, 0.15) is 0 Å². The van der Waals surface area contributed by atoms with E-state index in [1.807, 2.05) is 85.5 Å². The number of hydrogen-bond acceptors (Lipinski definition) is 4. The largest absolute Gasteiger partial charge is 0.351 e. The molecule has 5 nitrogen and oxygen atoms in total. The van der Waals surface area contributed by atoms with Gasteiger partial charge in [0.15, 0.2) is 5.11 Å². The third kappa shape index (κ3) is 4.15. The molecule has 4 aromatic rings. The predicted molar refractivity (Wildman–Crippen MR) is 136 cm³/mol. The smallest absolute Gasteiger partial charge is 0.258 e. The summed E-state index contributed by atoms with van der Waals surface area (Å²) < 4.78 is 5.81. The van der Waals surface area contributed by atoms with Crippen molar-refractivity contribution in [3.05, 3.63) is 107 Å². The van der Waals surface area contributed by atoms with Gasteiger partial charge in [-0.15, -0.1) is 0 Å². The molecule has 0 bridgehead atoms. The van der Waals surface area contributed by atoms with Gasteiger partial charge in [0.2, 0.25) is 5.82 Å². The van der Waals surface area contributed by atoms with Gasteiger partial charge in [-0.1, -0.05) is 70.9 Å². The molecule has 1 unspecified atom stereocenters. The van der Waals surface area contributed by atoms with Crippen molar-refractivity contribution in [2.24, 2.45) is 0 Å². The first kappa shape index (κ1) is 21.4. The van der Waals surface area contributed by atoms with Crippen LogP contribution in [0.3, 0.4) is 0 Å². The van der Waals surface area contributed by atoms with E-state index in [1.165, 1.54) is 0 Å². The van der Waals surface area contributed by atoms with Crippen molar-refractivity contribution in [2.45, 2.75) is 19.9 Å². The van der Waals surface area contributed by atoms with Crippen LogP contribution in [0.2, 0.25) is 5.02 Å². The standard InChI is InChI=1S/C26H21ClN4OS/c1-16-7-6-10-19(15-16)24-29-25(32-30-24)22-17(2)31(21-13-11-20(27)12-14-21)26(33)28-23(22)18-8-4-3-5-9-18/h3-15,23H,1-2H3,(H,28,33). The number of thiocarbonyl (C=S) groups is 1. The highest BCUT2D eigenvalue weighted by Gasteiger charge is 2.34. The second-order valence-electron chi connectivity index (χ2n) is 7.90. The zero-order valence-corrected chi connectivity index (χ0v) is 19.7. The van der Waals surface area contributed by atoms with Crippen molar-refractivity contribution in [1.82, 2.24) is 15.5 Å². The molecule has 1 aliphatic heterocycles. The number of rotatable bonds is 4. The Morgan fingerprint density at radius 3 is 2.45 bits per heavy atom. The number of allylic oxidation sites excluding steroid dienone is 1. The van der Waals surface area contributed by atoms with E-state index in [1.54, 1.807) is 0 Å². The first-order chi connectivity index (χ1) is 16.0. The molecule has 3 aromatic carbocycles. The summed E-state index contributed by atoms with van der Waals surface area (Å²) in [6.45, 7) is 4.06. The van der Waals surface area contributed by atoms with E-state index in [4.69, 9.17) is 33.3 Å². The number of hydrogen-bond donors (Lipinski definition) is 1. The van der Waals surface area contributed by atoms with Crippen molar-refractivity contribution in [3.63, 3.8) is 0 Å². The summed E-state index contributed by atoms with van der Waals surface area (Å²) >= 11 is 11.9. The number of aromatic nitrogens is 2. The van der Waals surface area contributed by atoms with Gasteiger partial charge in [-0.2, -0.15) is 4.98 Å². The number of aryl methyl sites for hydroxylation is 1. The summed E-state index contributed by atoms with van der Waals surface area (Å²) in [5.41, 5.74) is 5.78. The van der Waals surface area contributed by atoms with E-state index in [9.17, 15) is 0 Å². The molecular weight excluding hydrogens is 452 g/mol. The van der Waals surface area contributed by atoms with Crippen LogP contribution in [0.25, 0.3) is 17.0 Å². The van der Waals surface area contributed by atoms with Gasteiger partial charge in [0.05, 0.1) is 11.6 Å². The molecule has 0 radical (unpaired) electrons. The molecule has 2 heterocycles. The maximum Gasteiger partial charge on any atom is 0.258 e. The number of anilines is 1. The second kappa shape index (κ2) is 8.81. The highest BCUT2D eigenvalue weighted by atomic mass is 35.5. The molecule has 0 spiro atoms. The summed E-state index contributed by atoms with van der Waals surface area (Å²) in [4.78, 5) is 6.74. The third-order valence-electron chi connectivity index (χ3n) is 5.64. The Labute approximate surface area is 202 Å². The molecule has 1 aliphatic rings. The van der Waals surface area contributed by atoms with Crippen LogP contribution in [-0.4, -0.2) is 15.3 Å². The Bertz CT molecular complexity index is 1350. The fourth-order valence-electron chi connectivity index (χ4n) is 4.05. The molecule has 0 amide bonds. The van der Waals surface area contributed by atoms with Crippen LogP contribution >= 0.6 is 23.8 Å². The van der Waals surface area contributed by atoms with Crippen molar-refractivity contribution in [3.8, 4) is 11.4 Å². The Hall–Kier alpha value is -3.48. The molecule has 1 N–H and O–H groups in total. The lowest BCUT2D eigenvalue weighted by Gasteiger charge is -2.37. The van der Waals surface area contributed by atoms with Gasteiger partial charge in [0.25, 0.3) is 5.89 Å². The monoisotopic (exact) mass is 472 g/mol. The van der Waals surface area contributed by atoms with Crippen LogP contribution in [0.4, 0.5) is 5.69 Å². The van der Waals surface area contributed by atoms with Crippen molar-refractivity contribution >= 4 is 40.2 Å². The molecule has 1 atom stereocenters. The number of nitrogens with zero attached hydrogens (tertiary/aromatic N) is 3. The second-order valence-corrected chi connectivity index (χ2v) is 8.72. The molecule has 1 aromatic heterocycles. The first-order valence-corrected chi connectivity index (χ1v) is 11.3. The van der Waals surface area contributed by atoms with Crippen LogP contribution in [0.15, 0.2) is 89.1 Å². The lowest BCUT2D eigenvalue weighted by atomic mass is 9.94. The van der Waals surface area contributed by atoms with Crippen LogP contribution in [0, 0.1) is 6.92 Å². The topological polar surface area (TPSA) is 54.2 Å². The maximum atomic E-state index is 6.11. The quantitative estimate of drug-likeness (QED) is 0.339. The SMILES string of the molecule is CC1=C(c2nc(-c3cccc(C)c3)no2)C(c2ccccc2)NC(=S)N1c1ccc(Cl)cc1. The zero-order chi connectivity index (χ0) is 22.9. The average Bonchev–Trinajstić information content (AvgIpc) is 3.30. The highest BCUT2D eigenvalue weighted by Crippen LogP contribution is 2.39. The van der Waals surface area contributed by atoms with Crippen molar-refractivity contribution in [2.75, 3.05) is 4.90 Å². The summed E-state index contributed by atoms with van der Waals surface area (Å²) in [6, 6.07) is 25.5. The molecule has 0 saturated carbocycles. The lowest BCUT2D eigenvalue weighted by molar-refractivity contribution is 0.404. The van der Waals surface area contributed by atoms with Gasteiger partial charge >= 0.3 is 0 Å². The highest BCUT2D eigenvalue weighted by molar-refractivity contribution is 7.80.